The van der Waals surface area contributed by atoms with Crippen molar-refractivity contribution < 1.29 is 21.6 Å². The van der Waals surface area contributed by atoms with E-state index >= 15 is 0 Å². The Hall–Kier alpha value is -2.72. The van der Waals surface area contributed by atoms with Crippen molar-refractivity contribution in [3.63, 3.8) is 0 Å². The van der Waals surface area contributed by atoms with Gasteiger partial charge in [0.1, 0.15) is 5.82 Å². The topological polar surface area (TPSA) is 90.9 Å². The molecule has 1 aromatic carbocycles. The molecule has 0 saturated heterocycles. The number of hydrogen-bond acceptors (Lipinski definition) is 4. The predicted molar refractivity (Wildman–Crippen MR) is 83.2 cm³/mol. The van der Waals surface area contributed by atoms with Crippen molar-refractivity contribution in [3.8, 4) is 17.1 Å². The second-order valence-electron chi connectivity index (χ2n) is 5.10. The maximum absolute atomic E-state index is 13.1. The number of nitrogens with two attached hydrogens (primary N) is 1. The van der Waals surface area contributed by atoms with Gasteiger partial charge in [0.25, 0.3) is 0 Å². The summed E-state index contributed by atoms with van der Waals surface area (Å²) in [5.41, 5.74) is -0.584. The van der Waals surface area contributed by atoms with E-state index in [4.69, 9.17) is 5.14 Å². The number of hydrogen-bond donors (Lipinski definition) is 1. The van der Waals surface area contributed by atoms with Crippen LogP contribution in [0.15, 0.2) is 59.9 Å². The van der Waals surface area contributed by atoms with Crippen LogP contribution in [0.3, 0.4) is 0 Å². The van der Waals surface area contributed by atoms with Gasteiger partial charge in [-0.15, -0.1) is 0 Å². The third kappa shape index (κ3) is 3.54. The number of halogens is 3. The lowest BCUT2D eigenvalue weighted by Crippen LogP contribution is -2.12. The Morgan fingerprint density at radius 2 is 1.88 bits per heavy atom. The first-order chi connectivity index (χ1) is 11.7. The number of primary sulfonamides is 1. The summed E-state index contributed by atoms with van der Waals surface area (Å²) in [5.74, 6) is -0.0213. The summed E-state index contributed by atoms with van der Waals surface area (Å²) >= 11 is 0. The summed E-state index contributed by atoms with van der Waals surface area (Å²) in [6.07, 6.45) is -1.02. The van der Waals surface area contributed by atoms with Crippen molar-refractivity contribution in [2.24, 2.45) is 5.14 Å². The molecule has 0 aliphatic rings. The Balaban J connectivity index is 2.24. The van der Waals surface area contributed by atoms with Gasteiger partial charge in [-0.3, -0.25) is 9.55 Å². The number of pyridine rings is 1. The first kappa shape index (κ1) is 17.1. The molecule has 0 radical (unpaired) electrons. The van der Waals surface area contributed by atoms with Gasteiger partial charge >= 0.3 is 6.18 Å². The molecule has 2 heterocycles. The first-order valence-electron chi connectivity index (χ1n) is 6.86. The Bertz CT molecular complexity index is 1010. The average molecular weight is 368 g/mol. The van der Waals surface area contributed by atoms with Gasteiger partial charge in [-0.2, -0.15) is 13.2 Å². The van der Waals surface area contributed by atoms with Crippen LogP contribution in [0.1, 0.15) is 5.69 Å². The van der Waals surface area contributed by atoms with Crippen LogP contribution in [0, 0.1) is 0 Å². The van der Waals surface area contributed by atoms with Crippen LogP contribution >= 0.6 is 0 Å². The van der Waals surface area contributed by atoms with Crippen LogP contribution in [0.5, 0.6) is 0 Å². The molecule has 130 valence electrons. The minimum absolute atomic E-state index is 0.0213. The molecule has 10 heteroatoms. The van der Waals surface area contributed by atoms with Crippen LogP contribution in [-0.4, -0.2) is 23.0 Å². The number of alkyl halides is 3. The number of aromatic nitrogens is 3. The van der Waals surface area contributed by atoms with E-state index < -0.39 is 21.9 Å². The van der Waals surface area contributed by atoms with E-state index in [0.29, 0.717) is 5.56 Å². The van der Waals surface area contributed by atoms with Crippen molar-refractivity contribution in [3.05, 3.63) is 60.7 Å². The summed E-state index contributed by atoms with van der Waals surface area (Å²) < 4.78 is 63.4. The molecule has 3 aromatic rings. The second kappa shape index (κ2) is 5.97. The summed E-state index contributed by atoms with van der Waals surface area (Å²) in [6.45, 7) is 0. The minimum atomic E-state index is -4.65. The monoisotopic (exact) mass is 368 g/mol. The number of sulfonamides is 1. The van der Waals surface area contributed by atoms with Gasteiger partial charge < -0.3 is 0 Å². The number of benzene rings is 1. The second-order valence-corrected chi connectivity index (χ2v) is 6.66. The summed E-state index contributed by atoms with van der Waals surface area (Å²) in [7, 11) is -4.00. The molecule has 0 bridgehead atoms. The van der Waals surface area contributed by atoms with Crippen LogP contribution in [0.2, 0.25) is 0 Å². The third-order valence-corrected chi connectivity index (χ3v) is 4.25. The molecule has 0 aliphatic carbocycles. The van der Waals surface area contributed by atoms with Crippen LogP contribution in [0.25, 0.3) is 17.1 Å². The summed E-state index contributed by atoms with van der Waals surface area (Å²) in [6, 6.07) is 8.38. The fourth-order valence-corrected chi connectivity index (χ4v) is 2.78. The van der Waals surface area contributed by atoms with Crippen molar-refractivity contribution in [2.45, 2.75) is 11.1 Å². The molecule has 0 saturated carbocycles. The van der Waals surface area contributed by atoms with Crippen molar-refractivity contribution >= 4 is 10.0 Å². The maximum atomic E-state index is 13.1. The zero-order chi connectivity index (χ0) is 18.2. The number of rotatable bonds is 3. The Kier molecular flexibility index (Phi) is 4.09. The Morgan fingerprint density at radius 1 is 1.12 bits per heavy atom. The fraction of sp³-hybridized carbons (Fsp3) is 0.0667. The van der Waals surface area contributed by atoms with E-state index in [9.17, 15) is 21.6 Å². The Labute approximate surface area is 140 Å². The number of imidazole rings is 1. The average Bonchev–Trinajstić information content (AvgIpc) is 3.00. The quantitative estimate of drug-likeness (QED) is 0.769. The normalized spacial score (nSPS) is 12.3. The van der Waals surface area contributed by atoms with Crippen molar-refractivity contribution in [1.29, 1.82) is 0 Å². The zero-order valence-electron chi connectivity index (χ0n) is 12.5. The van der Waals surface area contributed by atoms with E-state index in [1.807, 2.05) is 0 Å². The highest BCUT2D eigenvalue weighted by Gasteiger charge is 2.35. The molecule has 3 rings (SSSR count). The first-order valence-corrected chi connectivity index (χ1v) is 8.41. The van der Waals surface area contributed by atoms with Gasteiger partial charge in [0.2, 0.25) is 10.0 Å². The van der Waals surface area contributed by atoms with Gasteiger partial charge in [-0.05, 0) is 30.3 Å². The Morgan fingerprint density at radius 3 is 2.48 bits per heavy atom. The molecule has 2 N–H and O–H groups in total. The molecular formula is C15H11F3N4O2S. The van der Waals surface area contributed by atoms with E-state index in [-0.39, 0.29) is 16.4 Å². The van der Waals surface area contributed by atoms with Crippen LogP contribution in [0.4, 0.5) is 13.2 Å². The highest BCUT2D eigenvalue weighted by molar-refractivity contribution is 7.89. The van der Waals surface area contributed by atoms with Crippen LogP contribution in [-0.2, 0) is 16.2 Å². The molecule has 25 heavy (non-hydrogen) atoms. The van der Waals surface area contributed by atoms with Gasteiger partial charge in [-0.25, -0.2) is 18.5 Å². The molecule has 0 amide bonds. The lowest BCUT2D eigenvalue weighted by molar-refractivity contribution is -0.140. The van der Waals surface area contributed by atoms with Gasteiger partial charge in [0, 0.05) is 29.8 Å². The van der Waals surface area contributed by atoms with Crippen molar-refractivity contribution in [1.82, 2.24) is 14.5 Å². The molecule has 2 aromatic heterocycles. The lowest BCUT2D eigenvalue weighted by atomic mass is 10.2. The van der Waals surface area contributed by atoms with Crippen molar-refractivity contribution in [2.75, 3.05) is 0 Å². The largest absolute Gasteiger partial charge is 0.434 e. The molecule has 0 unspecified atom stereocenters. The number of nitrogens with zero attached hydrogens (tertiary/aromatic N) is 3. The smallest absolute Gasteiger partial charge is 0.299 e. The molecule has 6 nitrogen and oxygen atoms in total. The molecular weight excluding hydrogens is 357 g/mol. The highest BCUT2D eigenvalue weighted by Crippen LogP contribution is 2.32. The van der Waals surface area contributed by atoms with Gasteiger partial charge in [0.15, 0.2) is 5.69 Å². The van der Waals surface area contributed by atoms with E-state index in [0.717, 1.165) is 10.8 Å². The third-order valence-electron chi connectivity index (χ3n) is 3.34. The SMILES string of the molecule is NS(=O)(=O)c1cccc(-n2cc(C(F)(F)F)nc2-c2cccnc2)c1. The minimum Gasteiger partial charge on any atom is -0.299 e. The summed E-state index contributed by atoms with van der Waals surface area (Å²) in [5, 5.41) is 5.08. The molecule has 0 aliphatic heterocycles. The predicted octanol–water partition coefficient (Wildman–Crippen LogP) is 2.60. The zero-order valence-corrected chi connectivity index (χ0v) is 13.3. The fourth-order valence-electron chi connectivity index (χ4n) is 2.22. The molecule has 0 fully saturated rings. The van der Waals surface area contributed by atoms with E-state index in [2.05, 4.69) is 9.97 Å². The van der Waals surface area contributed by atoms with E-state index in [1.54, 1.807) is 12.1 Å². The lowest BCUT2D eigenvalue weighted by Gasteiger charge is -2.09. The van der Waals surface area contributed by atoms with E-state index in [1.165, 1.54) is 36.7 Å². The van der Waals surface area contributed by atoms with Crippen LogP contribution < -0.4 is 5.14 Å². The van der Waals surface area contributed by atoms with Gasteiger partial charge in [-0.1, -0.05) is 6.07 Å². The maximum Gasteiger partial charge on any atom is 0.434 e. The summed E-state index contributed by atoms with van der Waals surface area (Å²) in [4.78, 5) is 7.29. The molecule has 0 atom stereocenters. The highest BCUT2D eigenvalue weighted by atomic mass is 32.2. The standard InChI is InChI=1S/C15H11F3N4O2S/c16-15(17,18)13-9-22(14(21-13)10-3-2-6-20-8-10)11-4-1-5-12(7-11)25(19,23)24/h1-9H,(H2,19,23,24). The molecule has 0 spiro atoms. The van der Waals surface area contributed by atoms with Gasteiger partial charge in [0.05, 0.1) is 4.90 Å².